The summed E-state index contributed by atoms with van der Waals surface area (Å²) in [6.07, 6.45) is 5.23. The summed E-state index contributed by atoms with van der Waals surface area (Å²) in [6.45, 7) is 9.36. The Bertz CT molecular complexity index is 994. The van der Waals surface area contributed by atoms with Crippen molar-refractivity contribution in [3.63, 3.8) is 0 Å². The topological polar surface area (TPSA) is 34.0 Å². The molecule has 1 aliphatic heterocycles. The molecule has 1 atom stereocenters. The average molecular weight is 409 g/mol. The van der Waals surface area contributed by atoms with Gasteiger partial charge in [0, 0.05) is 35.1 Å². The lowest BCUT2D eigenvalue weighted by atomic mass is 10.0. The molecule has 2 aromatic heterocycles. The van der Waals surface area contributed by atoms with Crippen LogP contribution in [0.25, 0.3) is 0 Å². The van der Waals surface area contributed by atoms with Crippen LogP contribution in [0.2, 0.25) is 5.02 Å². The second-order valence-corrected chi connectivity index (χ2v) is 8.42. The number of halogens is 1. The molecule has 1 aromatic carbocycles. The number of likely N-dealkylation sites (tertiary alicyclic amines) is 1. The minimum absolute atomic E-state index is 0.365. The summed E-state index contributed by atoms with van der Waals surface area (Å²) in [5.74, 6) is 0. The zero-order chi connectivity index (χ0) is 20.4. The van der Waals surface area contributed by atoms with Crippen molar-refractivity contribution in [2.75, 3.05) is 6.54 Å². The van der Waals surface area contributed by atoms with Crippen molar-refractivity contribution < 1.29 is 0 Å². The summed E-state index contributed by atoms with van der Waals surface area (Å²) in [7, 11) is 0. The van der Waals surface area contributed by atoms with Crippen LogP contribution in [0.15, 0.2) is 42.6 Å². The van der Waals surface area contributed by atoms with Crippen LogP contribution in [0.3, 0.4) is 0 Å². The Morgan fingerprint density at radius 2 is 1.97 bits per heavy atom. The van der Waals surface area contributed by atoms with Gasteiger partial charge in [0.25, 0.3) is 0 Å². The van der Waals surface area contributed by atoms with E-state index in [2.05, 4.69) is 53.7 Å². The third-order valence-electron chi connectivity index (χ3n) is 5.97. The van der Waals surface area contributed by atoms with Crippen LogP contribution in [0.4, 0.5) is 0 Å². The summed E-state index contributed by atoms with van der Waals surface area (Å²) in [5.41, 5.74) is 7.30. The smallest absolute Gasteiger partial charge is 0.0581 e. The third-order valence-corrected chi connectivity index (χ3v) is 6.34. The summed E-state index contributed by atoms with van der Waals surface area (Å²) < 4.78 is 2.08. The zero-order valence-corrected chi connectivity index (χ0v) is 18.3. The number of pyridine rings is 1. The maximum absolute atomic E-state index is 6.39. The predicted octanol–water partition coefficient (Wildman–Crippen LogP) is 5.50. The van der Waals surface area contributed by atoms with Gasteiger partial charge < -0.3 is 0 Å². The quantitative estimate of drug-likeness (QED) is 0.540. The van der Waals surface area contributed by atoms with Crippen LogP contribution in [0.5, 0.6) is 0 Å². The van der Waals surface area contributed by atoms with Gasteiger partial charge in [0.2, 0.25) is 0 Å². The number of rotatable bonds is 6. The molecule has 4 rings (SSSR count). The Hall–Kier alpha value is -2.17. The van der Waals surface area contributed by atoms with E-state index in [0.717, 1.165) is 48.8 Å². The molecule has 1 fully saturated rings. The number of aryl methyl sites for hydroxylation is 2. The van der Waals surface area contributed by atoms with Gasteiger partial charge >= 0.3 is 0 Å². The first-order valence-electron chi connectivity index (χ1n) is 10.5. The van der Waals surface area contributed by atoms with E-state index in [1.807, 2.05) is 24.4 Å². The van der Waals surface area contributed by atoms with E-state index < -0.39 is 0 Å². The van der Waals surface area contributed by atoms with Crippen molar-refractivity contribution in [2.45, 2.75) is 59.2 Å². The van der Waals surface area contributed by atoms with Crippen molar-refractivity contribution in [3.05, 3.63) is 81.4 Å². The number of hydrogen-bond donors (Lipinski definition) is 0. The lowest BCUT2D eigenvalue weighted by Gasteiger charge is -2.24. The first kappa shape index (κ1) is 20.1. The van der Waals surface area contributed by atoms with Gasteiger partial charge in [-0.2, -0.15) is 5.10 Å². The Balaban J connectivity index is 1.57. The van der Waals surface area contributed by atoms with Gasteiger partial charge in [0.15, 0.2) is 0 Å². The van der Waals surface area contributed by atoms with E-state index >= 15 is 0 Å². The maximum atomic E-state index is 6.39. The summed E-state index contributed by atoms with van der Waals surface area (Å²) >= 11 is 6.39. The molecule has 152 valence electrons. The minimum atomic E-state index is 0.365. The summed E-state index contributed by atoms with van der Waals surface area (Å²) in [6, 6.07) is 12.9. The molecule has 3 aromatic rings. The highest BCUT2D eigenvalue weighted by Gasteiger charge is 2.28. The fourth-order valence-electron chi connectivity index (χ4n) is 4.43. The van der Waals surface area contributed by atoms with E-state index in [1.54, 1.807) is 0 Å². The molecule has 0 spiro atoms. The van der Waals surface area contributed by atoms with Gasteiger partial charge in [-0.25, -0.2) is 0 Å². The lowest BCUT2D eigenvalue weighted by Crippen LogP contribution is -2.24. The molecule has 29 heavy (non-hydrogen) atoms. The molecular formula is C24H29ClN4. The number of hydrogen-bond acceptors (Lipinski definition) is 3. The van der Waals surface area contributed by atoms with Gasteiger partial charge in [-0.1, -0.05) is 29.8 Å². The van der Waals surface area contributed by atoms with E-state index in [0.29, 0.717) is 6.04 Å². The van der Waals surface area contributed by atoms with Gasteiger partial charge in [0.1, 0.15) is 0 Å². The van der Waals surface area contributed by atoms with Crippen molar-refractivity contribution in [2.24, 2.45) is 0 Å². The second kappa shape index (κ2) is 8.68. The van der Waals surface area contributed by atoms with E-state index in [4.69, 9.17) is 16.6 Å². The number of aromatic nitrogens is 3. The van der Waals surface area contributed by atoms with Crippen LogP contribution in [-0.4, -0.2) is 26.2 Å². The number of benzene rings is 1. The number of nitrogens with zero attached hydrogens (tertiary/aromatic N) is 4. The van der Waals surface area contributed by atoms with Crippen LogP contribution in [0, 0.1) is 13.8 Å². The molecule has 0 bridgehead atoms. The fraction of sp³-hybridized carbons (Fsp3) is 0.417. The normalized spacial score (nSPS) is 17.2. The zero-order valence-electron chi connectivity index (χ0n) is 17.5. The van der Waals surface area contributed by atoms with Gasteiger partial charge in [-0.15, -0.1) is 0 Å². The highest BCUT2D eigenvalue weighted by molar-refractivity contribution is 6.31. The standard InChI is InChI=1S/C24H29ClN4/c1-4-29-18(3)21(15-26-29)16-28-11-7-10-24(28)23-14-19(12-17(2)27-23)13-20-8-5-6-9-22(20)25/h5-6,8-9,12,14-15,24H,4,7,10-11,13,16H2,1-3H3/t24-/m1/s1. The van der Waals surface area contributed by atoms with E-state index in [1.165, 1.54) is 28.9 Å². The van der Waals surface area contributed by atoms with Gasteiger partial charge in [-0.05, 0) is 75.9 Å². The monoisotopic (exact) mass is 408 g/mol. The van der Waals surface area contributed by atoms with Gasteiger partial charge in [-0.3, -0.25) is 14.6 Å². The molecule has 1 saturated heterocycles. The first-order chi connectivity index (χ1) is 14.0. The molecule has 0 saturated carbocycles. The second-order valence-electron chi connectivity index (χ2n) is 8.01. The first-order valence-corrected chi connectivity index (χ1v) is 10.9. The van der Waals surface area contributed by atoms with E-state index in [9.17, 15) is 0 Å². The maximum Gasteiger partial charge on any atom is 0.0581 e. The fourth-order valence-corrected chi connectivity index (χ4v) is 4.63. The highest BCUT2D eigenvalue weighted by atomic mass is 35.5. The Morgan fingerprint density at radius 3 is 2.72 bits per heavy atom. The molecule has 0 aliphatic carbocycles. The van der Waals surface area contributed by atoms with Crippen molar-refractivity contribution in [1.82, 2.24) is 19.7 Å². The van der Waals surface area contributed by atoms with Crippen molar-refractivity contribution >= 4 is 11.6 Å². The van der Waals surface area contributed by atoms with Crippen LogP contribution in [0.1, 0.15) is 59.6 Å². The van der Waals surface area contributed by atoms with Crippen LogP contribution in [-0.2, 0) is 19.5 Å². The van der Waals surface area contributed by atoms with Crippen molar-refractivity contribution in [1.29, 1.82) is 0 Å². The molecule has 0 unspecified atom stereocenters. The third kappa shape index (κ3) is 4.39. The summed E-state index contributed by atoms with van der Waals surface area (Å²) in [5, 5.41) is 5.35. The van der Waals surface area contributed by atoms with Crippen LogP contribution < -0.4 is 0 Å². The summed E-state index contributed by atoms with van der Waals surface area (Å²) in [4.78, 5) is 7.48. The molecule has 3 heterocycles. The molecule has 5 heteroatoms. The van der Waals surface area contributed by atoms with E-state index in [-0.39, 0.29) is 0 Å². The van der Waals surface area contributed by atoms with Crippen molar-refractivity contribution in [3.8, 4) is 0 Å². The molecule has 4 nitrogen and oxygen atoms in total. The molecule has 0 N–H and O–H groups in total. The Morgan fingerprint density at radius 1 is 1.14 bits per heavy atom. The highest BCUT2D eigenvalue weighted by Crippen LogP contribution is 2.33. The molecule has 0 amide bonds. The molecule has 0 radical (unpaired) electrons. The molecular weight excluding hydrogens is 380 g/mol. The molecule has 1 aliphatic rings. The lowest BCUT2D eigenvalue weighted by molar-refractivity contribution is 0.243. The Kier molecular flexibility index (Phi) is 6.02. The average Bonchev–Trinajstić information content (AvgIpc) is 3.30. The SMILES string of the molecule is CCn1ncc(CN2CCC[C@@H]2c2cc(Cc3ccccc3Cl)cc(C)n2)c1C. The predicted molar refractivity (Wildman–Crippen MR) is 118 cm³/mol. The van der Waals surface area contributed by atoms with Crippen LogP contribution >= 0.6 is 11.6 Å². The van der Waals surface area contributed by atoms with Gasteiger partial charge in [0.05, 0.1) is 17.9 Å². The Labute approximate surface area is 178 Å². The largest absolute Gasteiger partial charge is 0.290 e. The minimum Gasteiger partial charge on any atom is -0.290 e.